The van der Waals surface area contributed by atoms with Gasteiger partial charge in [0.2, 0.25) is 0 Å². The highest BCUT2D eigenvalue weighted by atomic mass is 35.5. The third-order valence-electron chi connectivity index (χ3n) is 4.87. The van der Waals surface area contributed by atoms with Crippen LogP contribution < -0.4 is 14.8 Å². The molecule has 0 aliphatic carbocycles. The number of nitro groups is 1. The second-order valence-electron chi connectivity index (χ2n) is 7.51. The van der Waals surface area contributed by atoms with Crippen LogP contribution in [0.4, 0.5) is 11.4 Å². The van der Waals surface area contributed by atoms with Crippen molar-refractivity contribution >= 4 is 52.1 Å². The SMILES string of the molecule is Cc1cc(Oc2cc(NC(=O)c3ccn(COc4cccc(Cl)c4Cl)n3)cc([N+](=O)[O-])c2)ccc1Cl. The van der Waals surface area contributed by atoms with Crippen LogP contribution in [0, 0.1) is 17.0 Å². The van der Waals surface area contributed by atoms with E-state index < -0.39 is 10.8 Å². The number of rotatable bonds is 8. The number of carbonyl (C=O) groups excluding carboxylic acids is 1. The molecule has 4 rings (SSSR count). The topological polar surface area (TPSA) is 109 Å². The molecule has 9 nitrogen and oxygen atoms in total. The minimum atomic E-state index is -0.581. The fourth-order valence-electron chi connectivity index (χ4n) is 3.12. The van der Waals surface area contributed by atoms with E-state index in [1.165, 1.54) is 35.1 Å². The lowest BCUT2D eigenvalue weighted by atomic mass is 10.2. The zero-order valence-electron chi connectivity index (χ0n) is 18.6. The minimum Gasteiger partial charge on any atom is -0.470 e. The number of aryl methyl sites for hydroxylation is 1. The largest absolute Gasteiger partial charge is 0.470 e. The van der Waals surface area contributed by atoms with E-state index in [0.717, 1.165) is 5.56 Å². The number of hydrogen-bond acceptors (Lipinski definition) is 6. The third-order valence-corrected chi connectivity index (χ3v) is 6.09. The van der Waals surface area contributed by atoms with Crippen molar-refractivity contribution in [2.45, 2.75) is 13.7 Å². The van der Waals surface area contributed by atoms with Crippen LogP contribution in [0.2, 0.25) is 15.1 Å². The molecule has 0 atom stereocenters. The summed E-state index contributed by atoms with van der Waals surface area (Å²) in [6, 6.07) is 15.4. The van der Waals surface area contributed by atoms with Gasteiger partial charge in [-0.05, 0) is 48.9 Å². The molecule has 0 saturated carbocycles. The molecule has 0 unspecified atom stereocenters. The van der Waals surface area contributed by atoms with Crippen molar-refractivity contribution in [1.82, 2.24) is 9.78 Å². The number of hydrogen-bond donors (Lipinski definition) is 1. The summed E-state index contributed by atoms with van der Waals surface area (Å²) >= 11 is 18.1. The van der Waals surface area contributed by atoms with Crippen molar-refractivity contribution in [2.24, 2.45) is 0 Å². The van der Waals surface area contributed by atoms with E-state index in [1.807, 2.05) is 6.92 Å². The summed E-state index contributed by atoms with van der Waals surface area (Å²) in [6.45, 7) is 1.78. The Morgan fingerprint density at radius 3 is 2.61 bits per heavy atom. The van der Waals surface area contributed by atoms with Crippen LogP contribution in [0.15, 0.2) is 66.9 Å². The van der Waals surface area contributed by atoms with Gasteiger partial charge in [-0.3, -0.25) is 14.9 Å². The van der Waals surface area contributed by atoms with E-state index >= 15 is 0 Å². The van der Waals surface area contributed by atoms with Gasteiger partial charge in [0.25, 0.3) is 11.6 Å². The molecule has 1 heterocycles. The molecule has 0 bridgehead atoms. The smallest absolute Gasteiger partial charge is 0.276 e. The van der Waals surface area contributed by atoms with Crippen LogP contribution >= 0.6 is 34.8 Å². The molecular weight excluding hydrogens is 531 g/mol. The van der Waals surface area contributed by atoms with E-state index in [2.05, 4.69) is 10.4 Å². The molecule has 0 saturated heterocycles. The molecule has 1 amide bonds. The predicted octanol–water partition coefficient (Wildman–Crippen LogP) is 7.14. The first kappa shape index (κ1) is 25.3. The van der Waals surface area contributed by atoms with Crippen molar-refractivity contribution in [3.8, 4) is 17.2 Å². The number of non-ortho nitro benzene ring substituents is 1. The highest BCUT2D eigenvalue weighted by Crippen LogP contribution is 2.32. The van der Waals surface area contributed by atoms with E-state index in [1.54, 1.807) is 36.4 Å². The molecule has 0 fully saturated rings. The van der Waals surface area contributed by atoms with E-state index in [4.69, 9.17) is 44.3 Å². The Balaban J connectivity index is 1.48. The second kappa shape index (κ2) is 10.9. The van der Waals surface area contributed by atoms with Gasteiger partial charge in [0.1, 0.15) is 22.3 Å². The standard InChI is InChI=1S/C24H17Cl3N4O5/c1-14-9-17(5-6-19(14)25)36-18-11-15(10-16(12-18)31(33)34)28-24(32)21-7-8-30(29-21)13-35-22-4-2-3-20(26)23(22)27/h2-12H,13H2,1H3,(H,28,32). The van der Waals surface area contributed by atoms with Crippen LogP contribution in [0.1, 0.15) is 16.1 Å². The first-order chi connectivity index (χ1) is 17.2. The Hall–Kier alpha value is -3.79. The molecule has 12 heteroatoms. The number of aromatic nitrogens is 2. The maximum absolute atomic E-state index is 12.7. The molecule has 0 spiro atoms. The number of halogens is 3. The number of ether oxygens (including phenoxy) is 2. The molecule has 1 aromatic heterocycles. The lowest BCUT2D eigenvalue weighted by molar-refractivity contribution is -0.384. The van der Waals surface area contributed by atoms with Gasteiger partial charge in [-0.1, -0.05) is 40.9 Å². The van der Waals surface area contributed by atoms with Gasteiger partial charge < -0.3 is 14.8 Å². The summed E-state index contributed by atoms with van der Waals surface area (Å²) in [5.74, 6) is 0.390. The van der Waals surface area contributed by atoms with E-state index in [9.17, 15) is 14.9 Å². The summed E-state index contributed by atoms with van der Waals surface area (Å²) in [4.78, 5) is 23.6. The Morgan fingerprint density at radius 2 is 1.86 bits per heavy atom. The lowest BCUT2D eigenvalue weighted by Gasteiger charge is -2.10. The van der Waals surface area contributed by atoms with Gasteiger partial charge in [-0.25, -0.2) is 4.68 Å². The van der Waals surface area contributed by atoms with E-state index in [-0.39, 0.29) is 34.6 Å². The van der Waals surface area contributed by atoms with Gasteiger partial charge in [0, 0.05) is 23.4 Å². The fraction of sp³-hybridized carbons (Fsp3) is 0.0833. The lowest BCUT2D eigenvalue weighted by Crippen LogP contribution is -2.14. The first-order valence-corrected chi connectivity index (χ1v) is 11.5. The molecule has 36 heavy (non-hydrogen) atoms. The zero-order chi connectivity index (χ0) is 25.8. The monoisotopic (exact) mass is 546 g/mol. The normalized spacial score (nSPS) is 10.7. The van der Waals surface area contributed by atoms with Gasteiger partial charge >= 0.3 is 0 Å². The first-order valence-electron chi connectivity index (χ1n) is 10.3. The van der Waals surface area contributed by atoms with Gasteiger partial charge in [0.05, 0.1) is 21.7 Å². The molecule has 1 N–H and O–H groups in total. The Morgan fingerprint density at radius 1 is 1.06 bits per heavy atom. The van der Waals surface area contributed by atoms with Crippen molar-refractivity contribution in [1.29, 1.82) is 0 Å². The Labute approximate surface area is 220 Å². The summed E-state index contributed by atoms with van der Waals surface area (Å²) in [5, 5.41) is 19.4. The average Bonchev–Trinajstić information content (AvgIpc) is 3.31. The Kier molecular flexibility index (Phi) is 7.64. The number of nitrogens with one attached hydrogen (secondary N) is 1. The van der Waals surface area contributed by atoms with Gasteiger partial charge in [-0.15, -0.1) is 0 Å². The van der Waals surface area contributed by atoms with Crippen LogP contribution in [-0.4, -0.2) is 20.6 Å². The quantitative estimate of drug-likeness (QED) is 0.185. The molecule has 0 radical (unpaired) electrons. The van der Waals surface area contributed by atoms with Crippen LogP contribution in [0.25, 0.3) is 0 Å². The average molecular weight is 548 g/mol. The zero-order valence-corrected chi connectivity index (χ0v) is 20.8. The summed E-state index contributed by atoms with van der Waals surface area (Å²) in [6.07, 6.45) is 1.54. The maximum Gasteiger partial charge on any atom is 0.276 e. The highest BCUT2D eigenvalue weighted by Gasteiger charge is 2.16. The fourth-order valence-corrected chi connectivity index (χ4v) is 3.58. The molecule has 4 aromatic rings. The maximum atomic E-state index is 12.7. The highest BCUT2D eigenvalue weighted by molar-refractivity contribution is 6.42. The Bertz CT molecular complexity index is 1460. The number of carbonyl (C=O) groups is 1. The number of anilines is 1. The molecule has 0 aliphatic rings. The number of amides is 1. The van der Waals surface area contributed by atoms with Crippen LogP contribution in [0.5, 0.6) is 17.2 Å². The molecule has 184 valence electrons. The predicted molar refractivity (Wildman–Crippen MR) is 137 cm³/mol. The van der Waals surface area contributed by atoms with Crippen LogP contribution in [-0.2, 0) is 6.73 Å². The number of nitrogens with zero attached hydrogens (tertiary/aromatic N) is 3. The van der Waals surface area contributed by atoms with Gasteiger partial charge in [0.15, 0.2) is 12.4 Å². The summed E-state index contributed by atoms with van der Waals surface area (Å²) < 4.78 is 12.7. The number of nitro benzene ring substituents is 1. The van der Waals surface area contributed by atoms with E-state index in [0.29, 0.717) is 21.5 Å². The van der Waals surface area contributed by atoms with Crippen molar-refractivity contribution in [3.63, 3.8) is 0 Å². The number of benzene rings is 3. The van der Waals surface area contributed by atoms with Crippen molar-refractivity contribution in [2.75, 3.05) is 5.32 Å². The molecule has 0 aliphatic heterocycles. The van der Waals surface area contributed by atoms with Gasteiger partial charge in [-0.2, -0.15) is 5.10 Å². The van der Waals surface area contributed by atoms with Crippen LogP contribution in [0.3, 0.4) is 0 Å². The van der Waals surface area contributed by atoms with Crippen molar-refractivity contribution in [3.05, 3.63) is 103 Å². The second-order valence-corrected chi connectivity index (χ2v) is 8.70. The summed E-state index contributed by atoms with van der Waals surface area (Å²) in [7, 11) is 0. The third kappa shape index (κ3) is 6.06. The molecule has 3 aromatic carbocycles. The van der Waals surface area contributed by atoms with Crippen molar-refractivity contribution < 1.29 is 19.2 Å². The minimum absolute atomic E-state index is 0.0252. The molecular formula is C24H17Cl3N4O5. The summed E-state index contributed by atoms with van der Waals surface area (Å²) in [5.41, 5.74) is 0.751.